The van der Waals surface area contributed by atoms with E-state index in [4.69, 9.17) is 4.84 Å². The molecular weight excluding hydrogens is 439 g/mol. The van der Waals surface area contributed by atoms with Gasteiger partial charge >= 0.3 is 0 Å². The van der Waals surface area contributed by atoms with Gasteiger partial charge in [0.25, 0.3) is 5.91 Å². The fourth-order valence-electron chi connectivity index (χ4n) is 3.03. The van der Waals surface area contributed by atoms with Gasteiger partial charge < -0.3 is 10.2 Å². The Labute approximate surface area is 175 Å². The predicted molar refractivity (Wildman–Crippen MR) is 111 cm³/mol. The zero-order chi connectivity index (χ0) is 20.4. The molecule has 0 saturated carbocycles. The summed E-state index contributed by atoms with van der Waals surface area (Å²) in [6, 6.07) is 15.7. The van der Waals surface area contributed by atoms with E-state index in [0.29, 0.717) is 24.5 Å². The Morgan fingerprint density at radius 3 is 2.69 bits per heavy atom. The number of hydrogen-bond donors (Lipinski definition) is 1. The van der Waals surface area contributed by atoms with Crippen molar-refractivity contribution in [2.75, 3.05) is 5.32 Å². The molecule has 148 valence electrons. The molecule has 1 aliphatic heterocycles. The van der Waals surface area contributed by atoms with Gasteiger partial charge in [-0.25, -0.2) is 4.39 Å². The summed E-state index contributed by atoms with van der Waals surface area (Å²) >= 11 is 3.42. The number of carbonyl (C=O) groups is 1. The molecule has 1 atom stereocenters. The Bertz CT molecular complexity index is 1060. The molecule has 29 heavy (non-hydrogen) atoms. The molecule has 4 rings (SSSR count). The zero-order valence-corrected chi connectivity index (χ0v) is 17.2. The molecule has 8 heteroatoms. The van der Waals surface area contributed by atoms with Gasteiger partial charge in [0.1, 0.15) is 5.82 Å². The van der Waals surface area contributed by atoms with Crippen molar-refractivity contribution < 1.29 is 14.0 Å². The summed E-state index contributed by atoms with van der Waals surface area (Å²) in [6.07, 6.45) is -0.428. The van der Waals surface area contributed by atoms with Crippen molar-refractivity contribution in [2.45, 2.75) is 26.0 Å². The minimum atomic E-state index is -0.744. The minimum Gasteiger partial charge on any atom is -0.382 e. The number of rotatable bonds is 5. The van der Waals surface area contributed by atoms with E-state index in [0.717, 1.165) is 21.3 Å². The van der Waals surface area contributed by atoms with Gasteiger partial charge in [0.15, 0.2) is 5.82 Å². The Kier molecular flexibility index (Phi) is 5.44. The number of oxime groups is 1. The van der Waals surface area contributed by atoms with E-state index in [2.05, 4.69) is 31.5 Å². The first-order valence-electron chi connectivity index (χ1n) is 9.06. The first-order valence-corrected chi connectivity index (χ1v) is 9.85. The van der Waals surface area contributed by atoms with Gasteiger partial charge in [0.2, 0.25) is 6.10 Å². The molecule has 3 aromatic rings. The summed E-state index contributed by atoms with van der Waals surface area (Å²) in [5.74, 6) is -0.181. The number of aromatic nitrogens is 2. The molecular formula is C21H18BrFN4O2. The second kappa shape index (κ2) is 8.16. The van der Waals surface area contributed by atoms with Crippen molar-refractivity contribution >= 4 is 33.4 Å². The van der Waals surface area contributed by atoms with Crippen molar-refractivity contribution in [3.63, 3.8) is 0 Å². The van der Waals surface area contributed by atoms with Gasteiger partial charge in [0, 0.05) is 22.7 Å². The van der Waals surface area contributed by atoms with Crippen LogP contribution in [0.15, 0.2) is 64.2 Å². The molecule has 0 radical (unpaired) electrons. The molecule has 1 aliphatic rings. The number of carbonyl (C=O) groups excluding carboxylic acids is 1. The maximum Gasteiger partial charge on any atom is 0.269 e. The zero-order valence-electron chi connectivity index (χ0n) is 15.6. The van der Waals surface area contributed by atoms with Crippen LogP contribution in [0.5, 0.6) is 0 Å². The minimum absolute atomic E-state index is 0.316. The highest BCUT2D eigenvalue weighted by atomic mass is 79.9. The molecule has 0 fully saturated rings. The molecule has 0 spiro atoms. The van der Waals surface area contributed by atoms with Gasteiger partial charge in [0.05, 0.1) is 12.3 Å². The van der Waals surface area contributed by atoms with Crippen LogP contribution in [-0.4, -0.2) is 27.5 Å². The number of amides is 1. The summed E-state index contributed by atoms with van der Waals surface area (Å²) in [6.45, 7) is 2.54. The largest absolute Gasteiger partial charge is 0.382 e. The van der Waals surface area contributed by atoms with E-state index >= 15 is 0 Å². The second-order valence-electron chi connectivity index (χ2n) is 6.79. The molecule has 0 saturated heterocycles. The number of benzene rings is 2. The number of nitrogens with one attached hydrogen (secondary N) is 1. The Morgan fingerprint density at radius 1 is 1.24 bits per heavy atom. The van der Waals surface area contributed by atoms with Gasteiger partial charge in [-0.2, -0.15) is 5.10 Å². The van der Waals surface area contributed by atoms with Crippen LogP contribution >= 0.6 is 15.9 Å². The lowest BCUT2D eigenvalue weighted by atomic mass is 10.0. The smallest absolute Gasteiger partial charge is 0.269 e. The van der Waals surface area contributed by atoms with Crippen LogP contribution in [0.2, 0.25) is 0 Å². The lowest BCUT2D eigenvalue weighted by Crippen LogP contribution is -2.28. The van der Waals surface area contributed by atoms with Crippen LogP contribution in [0.3, 0.4) is 0 Å². The summed E-state index contributed by atoms with van der Waals surface area (Å²) < 4.78 is 15.9. The van der Waals surface area contributed by atoms with Gasteiger partial charge in [-0.15, -0.1) is 0 Å². The Hall–Kier alpha value is -3.00. The van der Waals surface area contributed by atoms with Gasteiger partial charge in [-0.1, -0.05) is 45.4 Å². The standard InChI is InChI=1S/C21H18BrFN4O2/c1-13-10-20(25-27(13)12-14-2-6-16(22)7-3-14)24-21(28)19-11-18(26-29-19)15-4-8-17(23)9-5-15/h2-10,19H,11-12H2,1H3,(H,24,25,28). The van der Waals surface area contributed by atoms with Crippen LogP contribution in [0.1, 0.15) is 23.2 Å². The van der Waals surface area contributed by atoms with E-state index in [9.17, 15) is 9.18 Å². The van der Waals surface area contributed by atoms with Crippen LogP contribution in [0, 0.1) is 12.7 Å². The third-order valence-electron chi connectivity index (χ3n) is 4.62. The summed E-state index contributed by atoms with van der Waals surface area (Å²) in [5, 5.41) is 11.2. The number of halogens is 2. The molecule has 6 nitrogen and oxygen atoms in total. The molecule has 2 heterocycles. The molecule has 1 unspecified atom stereocenters. The van der Waals surface area contributed by atoms with Crippen molar-refractivity contribution in [2.24, 2.45) is 5.16 Å². The molecule has 1 N–H and O–H groups in total. The molecule has 0 aliphatic carbocycles. The fourth-order valence-corrected chi connectivity index (χ4v) is 3.30. The molecule has 1 aromatic heterocycles. The van der Waals surface area contributed by atoms with Gasteiger partial charge in [-0.05, 0) is 42.3 Å². The van der Waals surface area contributed by atoms with Gasteiger partial charge in [-0.3, -0.25) is 9.48 Å². The fraction of sp³-hybridized carbons (Fsp3) is 0.190. The van der Waals surface area contributed by atoms with E-state index in [1.807, 2.05) is 41.9 Å². The second-order valence-corrected chi connectivity index (χ2v) is 7.70. The average molecular weight is 457 g/mol. The van der Waals surface area contributed by atoms with Crippen LogP contribution in [0.4, 0.5) is 10.2 Å². The quantitative estimate of drug-likeness (QED) is 0.622. The maximum atomic E-state index is 13.1. The normalized spacial score (nSPS) is 15.7. The molecule has 0 bridgehead atoms. The maximum absolute atomic E-state index is 13.1. The third kappa shape index (κ3) is 4.54. The van der Waals surface area contributed by atoms with E-state index in [1.54, 1.807) is 12.1 Å². The van der Waals surface area contributed by atoms with Crippen molar-refractivity contribution in [1.82, 2.24) is 9.78 Å². The predicted octanol–water partition coefficient (Wildman–Crippen LogP) is 4.27. The average Bonchev–Trinajstić information content (AvgIpc) is 3.32. The molecule has 2 aromatic carbocycles. The topological polar surface area (TPSA) is 68.5 Å². The number of nitrogens with zero attached hydrogens (tertiary/aromatic N) is 3. The lowest BCUT2D eigenvalue weighted by Gasteiger charge is -2.07. The third-order valence-corrected chi connectivity index (χ3v) is 5.15. The van der Waals surface area contributed by atoms with E-state index in [1.165, 1.54) is 12.1 Å². The van der Waals surface area contributed by atoms with Crippen molar-refractivity contribution in [3.8, 4) is 0 Å². The lowest BCUT2D eigenvalue weighted by molar-refractivity contribution is -0.125. The number of aryl methyl sites for hydroxylation is 1. The number of hydrogen-bond acceptors (Lipinski definition) is 4. The van der Waals surface area contributed by atoms with Crippen molar-refractivity contribution in [3.05, 3.63) is 81.7 Å². The van der Waals surface area contributed by atoms with Crippen molar-refractivity contribution in [1.29, 1.82) is 0 Å². The van der Waals surface area contributed by atoms with Crippen LogP contribution in [-0.2, 0) is 16.2 Å². The van der Waals surface area contributed by atoms with Crippen LogP contribution < -0.4 is 5.32 Å². The van der Waals surface area contributed by atoms with E-state index < -0.39 is 6.10 Å². The monoisotopic (exact) mass is 456 g/mol. The SMILES string of the molecule is Cc1cc(NC(=O)C2CC(c3ccc(F)cc3)=NO2)nn1Cc1ccc(Br)cc1. The highest BCUT2D eigenvalue weighted by Gasteiger charge is 2.29. The number of anilines is 1. The molecule has 1 amide bonds. The first kappa shape index (κ1) is 19.3. The van der Waals surface area contributed by atoms with Crippen LogP contribution in [0.25, 0.3) is 0 Å². The summed E-state index contributed by atoms with van der Waals surface area (Å²) in [5.41, 5.74) is 3.38. The highest BCUT2D eigenvalue weighted by Crippen LogP contribution is 2.19. The Morgan fingerprint density at radius 2 is 1.97 bits per heavy atom. The summed E-state index contributed by atoms with van der Waals surface area (Å²) in [7, 11) is 0. The highest BCUT2D eigenvalue weighted by molar-refractivity contribution is 9.10. The summed E-state index contributed by atoms with van der Waals surface area (Å²) in [4.78, 5) is 17.8. The van der Waals surface area contributed by atoms with E-state index in [-0.39, 0.29) is 11.7 Å². The first-order chi connectivity index (χ1) is 14.0. The Balaban J connectivity index is 1.38.